The summed E-state index contributed by atoms with van der Waals surface area (Å²) >= 11 is 0. The van der Waals surface area contributed by atoms with Gasteiger partial charge in [0, 0.05) is 16.3 Å². The van der Waals surface area contributed by atoms with Crippen LogP contribution < -0.4 is 0 Å². The van der Waals surface area contributed by atoms with Gasteiger partial charge in [-0.3, -0.25) is 0 Å². The summed E-state index contributed by atoms with van der Waals surface area (Å²) in [7, 11) is 0. The van der Waals surface area contributed by atoms with E-state index in [2.05, 4.69) is 221 Å². The van der Waals surface area contributed by atoms with Crippen LogP contribution in [-0.4, -0.2) is 0 Å². The molecule has 2 aliphatic carbocycles. The molecule has 2 aliphatic rings. The van der Waals surface area contributed by atoms with Gasteiger partial charge in [0.25, 0.3) is 0 Å². The van der Waals surface area contributed by atoms with Gasteiger partial charge in [0.2, 0.25) is 0 Å². The zero-order chi connectivity index (χ0) is 42.2. The topological polar surface area (TPSA) is 13.1 Å². The summed E-state index contributed by atoms with van der Waals surface area (Å²) in [5.41, 5.74) is 16.9. The number of para-hydroxylation sites is 2. The summed E-state index contributed by atoms with van der Waals surface area (Å²) in [6.07, 6.45) is 15.2. The summed E-state index contributed by atoms with van der Waals surface area (Å²) in [5, 5.41) is 2.34. The molecule has 0 aliphatic heterocycles. The van der Waals surface area contributed by atoms with Crippen molar-refractivity contribution in [3.63, 3.8) is 0 Å². The summed E-state index contributed by atoms with van der Waals surface area (Å²) in [5.74, 6) is 0.570. The number of rotatable bonds is 8. The lowest BCUT2D eigenvalue weighted by molar-refractivity contribution is 0.670. The van der Waals surface area contributed by atoms with Crippen molar-refractivity contribution in [2.24, 2.45) is 5.92 Å². The fourth-order valence-corrected chi connectivity index (χ4v) is 9.27. The SMILES string of the molecule is C=CC1=C(/C=C\C)c2cc(C3=CC=CC(C)C3)ccc2C1(c1ccccc1)c1ccccc1.CC.c1ccc(Cc2cccc(-c3cccc4c3oc3ccccc34)c2)cc1. The predicted molar refractivity (Wildman–Crippen MR) is 262 cm³/mol. The summed E-state index contributed by atoms with van der Waals surface area (Å²) < 4.78 is 6.20. The van der Waals surface area contributed by atoms with Crippen LogP contribution in [0.4, 0.5) is 0 Å². The fourth-order valence-electron chi connectivity index (χ4n) is 9.27. The first-order valence-electron chi connectivity index (χ1n) is 21.8. The van der Waals surface area contributed by atoms with E-state index in [0.717, 1.165) is 29.6 Å². The minimum Gasteiger partial charge on any atom is -0.455 e. The van der Waals surface area contributed by atoms with Crippen LogP contribution in [0.2, 0.25) is 0 Å². The van der Waals surface area contributed by atoms with Crippen LogP contribution in [-0.2, 0) is 11.8 Å². The lowest BCUT2D eigenvalue weighted by atomic mass is 9.66. The number of hydrogen-bond acceptors (Lipinski definition) is 1. The lowest BCUT2D eigenvalue weighted by Gasteiger charge is -2.35. The summed E-state index contributed by atoms with van der Waals surface area (Å²) in [6.45, 7) is 12.7. The van der Waals surface area contributed by atoms with Crippen LogP contribution in [0, 0.1) is 5.92 Å². The Labute approximate surface area is 362 Å². The molecule has 0 saturated carbocycles. The van der Waals surface area contributed by atoms with E-state index in [-0.39, 0.29) is 5.41 Å². The molecule has 7 aromatic carbocycles. The minimum atomic E-state index is -0.388. The van der Waals surface area contributed by atoms with Gasteiger partial charge in [-0.1, -0.05) is 228 Å². The average Bonchev–Trinajstić information content (AvgIpc) is 3.84. The molecular weight excluding hydrogens is 737 g/mol. The first-order valence-corrected chi connectivity index (χ1v) is 21.8. The maximum absolute atomic E-state index is 6.20. The van der Waals surface area contributed by atoms with Crippen LogP contribution in [0.5, 0.6) is 0 Å². The molecule has 10 rings (SSSR count). The fraction of sp³-hybridized carbons (Fsp3) is 0.133. The van der Waals surface area contributed by atoms with Gasteiger partial charge in [0.15, 0.2) is 0 Å². The second-order valence-electron chi connectivity index (χ2n) is 15.7. The Kier molecular flexibility index (Phi) is 12.4. The van der Waals surface area contributed by atoms with E-state index in [1.165, 1.54) is 72.0 Å². The van der Waals surface area contributed by atoms with Crippen molar-refractivity contribution in [3.05, 3.63) is 263 Å². The first kappa shape index (κ1) is 40.8. The number of hydrogen-bond donors (Lipinski definition) is 0. The van der Waals surface area contributed by atoms with Crippen LogP contribution in [0.1, 0.15) is 73.1 Å². The molecule has 0 fully saturated rings. The summed E-state index contributed by atoms with van der Waals surface area (Å²) in [6, 6.07) is 62.8. The van der Waals surface area contributed by atoms with Gasteiger partial charge in [0.05, 0.1) is 5.41 Å². The maximum Gasteiger partial charge on any atom is 0.143 e. The molecule has 1 unspecified atom stereocenters. The van der Waals surface area contributed by atoms with Crippen molar-refractivity contribution in [3.8, 4) is 11.1 Å². The van der Waals surface area contributed by atoms with E-state index in [4.69, 9.17) is 4.42 Å². The molecule has 8 aromatic rings. The Morgan fingerprint density at radius 2 is 1.28 bits per heavy atom. The number of furan rings is 1. The third kappa shape index (κ3) is 7.93. The molecular formula is C60H54O. The molecule has 1 atom stereocenters. The molecule has 1 heteroatoms. The molecule has 1 heterocycles. The van der Waals surface area contributed by atoms with E-state index < -0.39 is 0 Å². The maximum atomic E-state index is 6.20. The highest BCUT2D eigenvalue weighted by molar-refractivity contribution is 6.09. The quantitative estimate of drug-likeness (QED) is 0.149. The molecule has 300 valence electrons. The van der Waals surface area contributed by atoms with E-state index in [9.17, 15) is 0 Å². The Balaban J connectivity index is 0.000000166. The molecule has 1 aromatic heterocycles. The van der Waals surface area contributed by atoms with Gasteiger partial charge in [-0.05, 0) is 99.0 Å². The molecule has 0 spiro atoms. The van der Waals surface area contributed by atoms with Crippen molar-refractivity contribution < 1.29 is 4.42 Å². The normalized spacial score (nSPS) is 15.1. The number of fused-ring (bicyclic) bond motifs is 4. The van der Waals surface area contributed by atoms with E-state index >= 15 is 0 Å². The first-order chi connectivity index (χ1) is 30.1. The molecule has 0 radical (unpaired) electrons. The van der Waals surface area contributed by atoms with Crippen LogP contribution in [0.15, 0.2) is 229 Å². The standard InChI is InChI=1S/C33H30.C25H18O.C2H6/c1-4-13-29-30-23-26(25-15-12-14-24(3)22-25)20-21-32(30)33(31(29)5-2,27-16-8-6-9-17-27)28-18-10-7-11-19-28;1-2-8-18(9-3-1)16-19-10-6-11-20(17-19)21-13-7-14-23-22-12-4-5-15-24(22)26-25(21)23;1-2/h4-21,23-24H,2,22H2,1,3H3;1-15,17H,16H2;1-2H3/b13-4-;;. The largest absolute Gasteiger partial charge is 0.455 e. The van der Waals surface area contributed by atoms with E-state index in [0.29, 0.717) is 5.92 Å². The van der Waals surface area contributed by atoms with Crippen LogP contribution in [0.25, 0.3) is 44.2 Å². The Bertz CT molecular complexity index is 2860. The van der Waals surface area contributed by atoms with Crippen LogP contribution in [0.3, 0.4) is 0 Å². The van der Waals surface area contributed by atoms with Crippen molar-refractivity contribution >= 4 is 33.1 Å². The Hall–Kier alpha value is -6.96. The average molecular weight is 791 g/mol. The van der Waals surface area contributed by atoms with Crippen molar-refractivity contribution in [2.45, 2.75) is 46.0 Å². The van der Waals surface area contributed by atoms with E-state index in [1.54, 1.807) is 0 Å². The van der Waals surface area contributed by atoms with Gasteiger partial charge in [-0.2, -0.15) is 0 Å². The van der Waals surface area contributed by atoms with Gasteiger partial charge in [0.1, 0.15) is 11.2 Å². The number of allylic oxidation sites excluding steroid dienone is 9. The second-order valence-corrected chi connectivity index (χ2v) is 15.7. The van der Waals surface area contributed by atoms with Crippen molar-refractivity contribution in [1.29, 1.82) is 0 Å². The van der Waals surface area contributed by atoms with Gasteiger partial charge >= 0.3 is 0 Å². The smallest absolute Gasteiger partial charge is 0.143 e. The number of benzene rings is 7. The van der Waals surface area contributed by atoms with Crippen molar-refractivity contribution in [2.75, 3.05) is 0 Å². The second kappa shape index (κ2) is 18.5. The monoisotopic (exact) mass is 790 g/mol. The minimum absolute atomic E-state index is 0.388. The highest BCUT2D eigenvalue weighted by Gasteiger charge is 2.46. The molecule has 0 saturated heterocycles. The molecule has 1 nitrogen and oxygen atoms in total. The molecule has 0 amide bonds. The van der Waals surface area contributed by atoms with Crippen LogP contribution >= 0.6 is 0 Å². The molecule has 61 heavy (non-hydrogen) atoms. The van der Waals surface area contributed by atoms with Gasteiger partial charge < -0.3 is 4.42 Å². The van der Waals surface area contributed by atoms with Crippen molar-refractivity contribution in [1.82, 2.24) is 0 Å². The van der Waals surface area contributed by atoms with E-state index in [1.807, 2.05) is 26.0 Å². The zero-order valence-electron chi connectivity index (χ0n) is 35.8. The third-order valence-electron chi connectivity index (χ3n) is 11.9. The highest BCUT2D eigenvalue weighted by Crippen LogP contribution is 2.55. The third-order valence-corrected chi connectivity index (χ3v) is 11.9. The zero-order valence-corrected chi connectivity index (χ0v) is 35.8. The summed E-state index contributed by atoms with van der Waals surface area (Å²) in [4.78, 5) is 0. The highest BCUT2D eigenvalue weighted by atomic mass is 16.3. The van der Waals surface area contributed by atoms with Gasteiger partial charge in [-0.25, -0.2) is 0 Å². The molecule has 0 N–H and O–H groups in total. The lowest BCUT2D eigenvalue weighted by Crippen LogP contribution is -2.29. The predicted octanol–water partition coefficient (Wildman–Crippen LogP) is 16.4. The van der Waals surface area contributed by atoms with Gasteiger partial charge in [-0.15, -0.1) is 0 Å². The Morgan fingerprint density at radius 1 is 0.639 bits per heavy atom. The molecule has 0 bridgehead atoms. The Morgan fingerprint density at radius 3 is 1.97 bits per heavy atom.